The van der Waals surface area contributed by atoms with Crippen LogP contribution >= 0.6 is 0 Å². The molecule has 2 heteroatoms. The van der Waals surface area contributed by atoms with Gasteiger partial charge < -0.3 is 10.2 Å². The van der Waals surface area contributed by atoms with Crippen molar-refractivity contribution < 1.29 is 0 Å². The van der Waals surface area contributed by atoms with Crippen LogP contribution in [-0.4, -0.2) is 37.6 Å². The zero-order chi connectivity index (χ0) is 13.8. The molecule has 1 N–H and O–H groups in total. The van der Waals surface area contributed by atoms with E-state index >= 15 is 0 Å². The lowest BCUT2D eigenvalue weighted by Crippen LogP contribution is -2.42. The lowest BCUT2D eigenvalue weighted by Gasteiger charge is -2.44. The molecule has 1 heterocycles. The van der Waals surface area contributed by atoms with Gasteiger partial charge in [0.25, 0.3) is 0 Å². The molecule has 0 radical (unpaired) electrons. The summed E-state index contributed by atoms with van der Waals surface area (Å²) < 4.78 is 0. The highest BCUT2D eigenvalue weighted by Crippen LogP contribution is 2.44. The molecule has 0 aromatic heterocycles. The summed E-state index contributed by atoms with van der Waals surface area (Å²) in [5.74, 6) is 0.950. The lowest BCUT2D eigenvalue weighted by atomic mass is 9.68. The number of hydrogen-bond acceptors (Lipinski definition) is 2. The topological polar surface area (TPSA) is 15.3 Å². The Balaban J connectivity index is 1.40. The van der Waals surface area contributed by atoms with Gasteiger partial charge >= 0.3 is 0 Å². The van der Waals surface area contributed by atoms with Gasteiger partial charge in [-0.3, -0.25) is 0 Å². The van der Waals surface area contributed by atoms with Crippen LogP contribution < -0.4 is 5.32 Å². The zero-order valence-electron chi connectivity index (χ0n) is 13.5. The molecule has 1 saturated heterocycles. The Kier molecular flexibility index (Phi) is 5.04. The second kappa shape index (κ2) is 6.79. The molecule has 0 bridgehead atoms. The molecule has 3 fully saturated rings. The maximum atomic E-state index is 3.53. The molecule has 20 heavy (non-hydrogen) atoms. The number of piperidine rings is 1. The Labute approximate surface area is 125 Å². The van der Waals surface area contributed by atoms with Crippen LogP contribution in [-0.2, 0) is 0 Å². The average molecular weight is 278 g/mol. The van der Waals surface area contributed by atoms with E-state index in [9.17, 15) is 0 Å². The molecular formula is C18H34N2. The first-order valence-corrected chi connectivity index (χ1v) is 9.21. The summed E-state index contributed by atoms with van der Waals surface area (Å²) in [5, 5.41) is 3.53. The monoisotopic (exact) mass is 278 g/mol. The minimum absolute atomic E-state index is 0.773. The number of rotatable bonds is 4. The lowest BCUT2D eigenvalue weighted by molar-refractivity contribution is 0.0645. The van der Waals surface area contributed by atoms with Crippen molar-refractivity contribution in [2.45, 2.75) is 76.7 Å². The summed E-state index contributed by atoms with van der Waals surface area (Å²) in [7, 11) is 2.15. The summed E-state index contributed by atoms with van der Waals surface area (Å²) in [6.07, 6.45) is 16.3. The Morgan fingerprint density at radius 2 is 1.70 bits per heavy atom. The molecule has 0 aromatic rings. The molecule has 0 amide bonds. The third-order valence-corrected chi connectivity index (χ3v) is 6.68. The predicted molar refractivity (Wildman–Crippen MR) is 86.0 cm³/mol. The molecule has 2 saturated carbocycles. The van der Waals surface area contributed by atoms with Crippen molar-refractivity contribution in [2.75, 3.05) is 26.7 Å². The molecular weight excluding hydrogens is 244 g/mol. The van der Waals surface area contributed by atoms with Crippen LogP contribution in [0.25, 0.3) is 0 Å². The second-order valence-corrected chi connectivity index (χ2v) is 7.78. The van der Waals surface area contributed by atoms with Crippen molar-refractivity contribution >= 4 is 0 Å². The third kappa shape index (κ3) is 3.39. The van der Waals surface area contributed by atoms with Crippen molar-refractivity contribution in [3.63, 3.8) is 0 Å². The van der Waals surface area contributed by atoms with Crippen molar-refractivity contribution in [2.24, 2.45) is 11.3 Å². The molecule has 3 aliphatic rings. The van der Waals surface area contributed by atoms with Gasteiger partial charge in [-0.25, -0.2) is 0 Å². The fourth-order valence-corrected chi connectivity index (χ4v) is 5.16. The van der Waals surface area contributed by atoms with Crippen molar-refractivity contribution in [3.05, 3.63) is 0 Å². The van der Waals surface area contributed by atoms with E-state index in [-0.39, 0.29) is 0 Å². The Morgan fingerprint density at radius 1 is 0.950 bits per heavy atom. The van der Waals surface area contributed by atoms with Gasteiger partial charge in [-0.2, -0.15) is 0 Å². The van der Waals surface area contributed by atoms with Gasteiger partial charge in [0, 0.05) is 6.04 Å². The van der Waals surface area contributed by atoms with Gasteiger partial charge in [-0.05, 0) is 83.0 Å². The van der Waals surface area contributed by atoms with Crippen LogP contribution in [0.2, 0.25) is 0 Å². The molecule has 2 unspecified atom stereocenters. The van der Waals surface area contributed by atoms with Gasteiger partial charge in [-0.1, -0.05) is 25.7 Å². The average Bonchev–Trinajstić information content (AvgIpc) is 2.95. The SMILES string of the molecule is CNC1CCCC1CCN1CCC2(CCCCC2)CC1. The van der Waals surface area contributed by atoms with Crippen LogP contribution in [0.4, 0.5) is 0 Å². The maximum Gasteiger partial charge on any atom is 0.00928 e. The molecule has 2 aliphatic carbocycles. The van der Waals surface area contributed by atoms with Crippen LogP contribution in [0, 0.1) is 11.3 Å². The van der Waals surface area contributed by atoms with Gasteiger partial charge in [0.15, 0.2) is 0 Å². The van der Waals surface area contributed by atoms with E-state index in [1.807, 2.05) is 0 Å². The van der Waals surface area contributed by atoms with E-state index in [4.69, 9.17) is 0 Å². The van der Waals surface area contributed by atoms with Gasteiger partial charge in [0.05, 0.1) is 0 Å². The van der Waals surface area contributed by atoms with Gasteiger partial charge in [0.2, 0.25) is 0 Å². The third-order valence-electron chi connectivity index (χ3n) is 6.68. The summed E-state index contributed by atoms with van der Waals surface area (Å²) in [6.45, 7) is 4.13. The molecule has 0 aromatic carbocycles. The fourth-order valence-electron chi connectivity index (χ4n) is 5.16. The van der Waals surface area contributed by atoms with Gasteiger partial charge in [0.1, 0.15) is 0 Å². The number of hydrogen-bond donors (Lipinski definition) is 1. The normalized spacial score (nSPS) is 34.6. The van der Waals surface area contributed by atoms with Crippen LogP contribution in [0.15, 0.2) is 0 Å². The maximum absolute atomic E-state index is 3.53. The Bertz CT molecular complexity index is 286. The van der Waals surface area contributed by atoms with Gasteiger partial charge in [-0.15, -0.1) is 0 Å². The summed E-state index contributed by atoms with van der Waals surface area (Å²) in [5.41, 5.74) is 0.773. The van der Waals surface area contributed by atoms with E-state index in [0.29, 0.717) is 0 Å². The fraction of sp³-hybridized carbons (Fsp3) is 1.00. The summed E-state index contributed by atoms with van der Waals surface area (Å²) in [4.78, 5) is 2.77. The molecule has 3 rings (SSSR count). The first-order chi connectivity index (χ1) is 9.81. The number of nitrogens with one attached hydrogen (secondary N) is 1. The van der Waals surface area contributed by atoms with E-state index < -0.39 is 0 Å². The summed E-state index contributed by atoms with van der Waals surface area (Å²) in [6, 6.07) is 0.810. The van der Waals surface area contributed by atoms with E-state index in [1.165, 1.54) is 90.3 Å². The number of nitrogens with zero attached hydrogens (tertiary/aromatic N) is 1. The van der Waals surface area contributed by atoms with Crippen LogP contribution in [0.5, 0.6) is 0 Å². The molecule has 1 aliphatic heterocycles. The largest absolute Gasteiger partial charge is 0.317 e. The van der Waals surface area contributed by atoms with Crippen LogP contribution in [0.1, 0.15) is 70.6 Å². The second-order valence-electron chi connectivity index (χ2n) is 7.78. The van der Waals surface area contributed by atoms with Crippen molar-refractivity contribution in [3.8, 4) is 0 Å². The van der Waals surface area contributed by atoms with Crippen molar-refractivity contribution in [1.82, 2.24) is 10.2 Å². The Morgan fingerprint density at radius 3 is 2.40 bits per heavy atom. The number of likely N-dealkylation sites (tertiary alicyclic amines) is 1. The van der Waals surface area contributed by atoms with Crippen LogP contribution in [0.3, 0.4) is 0 Å². The van der Waals surface area contributed by atoms with Crippen molar-refractivity contribution in [1.29, 1.82) is 0 Å². The minimum Gasteiger partial charge on any atom is -0.317 e. The smallest absolute Gasteiger partial charge is 0.00928 e. The Hall–Kier alpha value is -0.0800. The zero-order valence-corrected chi connectivity index (χ0v) is 13.5. The highest BCUT2D eigenvalue weighted by molar-refractivity contribution is 4.89. The van der Waals surface area contributed by atoms with E-state index in [2.05, 4.69) is 17.3 Å². The minimum atomic E-state index is 0.773. The molecule has 1 spiro atoms. The summed E-state index contributed by atoms with van der Waals surface area (Å²) >= 11 is 0. The standard InChI is InChI=1S/C18H34N2/c1-19-17-7-5-6-16(17)8-13-20-14-11-18(12-15-20)9-3-2-4-10-18/h16-17,19H,2-15H2,1H3. The van der Waals surface area contributed by atoms with E-state index in [1.54, 1.807) is 0 Å². The molecule has 116 valence electrons. The highest BCUT2D eigenvalue weighted by Gasteiger charge is 2.35. The first kappa shape index (κ1) is 14.8. The highest BCUT2D eigenvalue weighted by atomic mass is 15.1. The molecule has 2 atom stereocenters. The quantitative estimate of drug-likeness (QED) is 0.841. The first-order valence-electron chi connectivity index (χ1n) is 9.21. The predicted octanol–water partition coefficient (Wildman–Crippen LogP) is 3.81. The molecule has 2 nitrogen and oxygen atoms in total. The van der Waals surface area contributed by atoms with E-state index in [0.717, 1.165) is 17.4 Å².